The van der Waals surface area contributed by atoms with Gasteiger partial charge in [0, 0.05) is 12.5 Å². The van der Waals surface area contributed by atoms with Crippen LogP contribution >= 0.6 is 0 Å². The summed E-state index contributed by atoms with van der Waals surface area (Å²) in [4.78, 5) is 4.53. The van der Waals surface area contributed by atoms with Crippen molar-refractivity contribution in [3.63, 3.8) is 0 Å². The third kappa shape index (κ3) is 3.29. The molecule has 2 aromatic rings. The molecule has 0 spiro atoms. The summed E-state index contributed by atoms with van der Waals surface area (Å²) < 4.78 is 18.3. The SMILES string of the molecule is CCNC1CCCC1c1nc(Cc2ccc(F)cc2)no1. The number of halogens is 1. The summed E-state index contributed by atoms with van der Waals surface area (Å²) in [6.07, 6.45) is 4.02. The minimum absolute atomic E-state index is 0.230. The molecule has 112 valence electrons. The van der Waals surface area contributed by atoms with Gasteiger partial charge < -0.3 is 9.84 Å². The minimum Gasteiger partial charge on any atom is -0.339 e. The number of likely N-dealkylation sites (N-methyl/N-ethyl adjacent to an activating group) is 1. The molecule has 0 aliphatic heterocycles. The molecule has 1 N–H and O–H groups in total. The highest BCUT2D eigenvalue weighted by molar-refractivity contribution is 5.19. The first-order chi connectivity index (χ1) is 10.3. The molecule has 1 saturated carbocycles. The van der Waals surface area contributed by atoms with Crippen molar-refractivity contribution >= 4 is 0 Å². The third-order valence-corrected chi connectivity index (χ3v) is 4.06. The highest BCUT2D eigenvalue weighted by Gasteiger charge is 2.32. The van der Waals surface area contributed by atoms with Gasteiger partial charge in [0.15, 0.2) is 5.82 Å². The van der Waals surface area contributed by atoms with E-state index in [4.69, 9.17) is 4.52 Å². The smallest absolute Gasteiger partial charge is 0.231 e. The Labute approximate surface area is 123 Å². The monoisotopic (exact) mass is 289 g/mol. The van der Waals surface area contributed by atoms with Crippen LogP contribution in [0.2, 0.25) is 0 Å². The van der Waals surface area contributed by atoms with E-state index in [-0.39, 0.29) is 5.82 Å². The molecule has 5 heteroatoms. The fourth-order valence-corrected chi connectivity index (χ4v) is 3.04. The molecule has 1 aromatic carbocycles. The number of aromatic nitrogens is 2. The maximum Gasteiger partial charge on any atom is 0.231 e. The Morgan fingerprint density at radius 1 is 1.29 bits per heavy atom. The summed E-state index contributed by atoms with van der Waals surface area (Å²) in [5.74, 6) is 1.49. The summed E-state index contributed by atoms with van der Waals surface area (Å²) in [6.45, 7) is 3.07. The molecule has 1 aliphatic carbocycles. The first kappa shape index (κ1) is 14.2. The molecule has 1 aliphatic rings. The van der Waals surface area contributed by atoms with Gasteiger partial charge in [-0.05, 0) is 37.1 Å². The zero-order chi connectivity index (χ0) is 14.7. The lowest BCUT2D eigenvalue weighted by Gasteiger charge is -2.16. The summed E-state index contributed by atoms with van der Waals surface area (Å²) in [7, 11) is 0. The number of hydrogen-bond acceptors (Lipinski definition) is 4. The van der Waals surface area contributed by atoms with E-state index in [1.165, 1.54) is 18.6 Å². The molecule has 0 saturated heterocycles. The second-order valence-corrected chi connectivity index (χ2v) is 5.55. The maximum absolute atomic E-state index is 12.9. The summed E-state index contributed by atoms with van der Waals surface area (Å²) in [5.41, 5.74) is 0.985. The molecule has 2 atom stereocenters. The zero-order valence-electron chi connectivity index (χ0n) is 12.2. The van der Waals surface area contributed by atoms with Gasteiger partial charge in [0.1, 0.15) is 5.82 Å². The van der Waals surface area contributed by atoms with Crippen molar-refractivity contribution in [2.45, 2.75) is 44.6 Å². The molecule has 0 bridgehead atoms. The Morgan fingerprint density at radius 3 is 2.86 bits per heavy atom. The topological polar surface area (TPSA) is 51.0 Å². The summed E-state index contributed by atoms with van der Waals surface area (Å²) in [5, 5.41) is 7.55. The highest BCUT2D eigenvalue weighted by atomic mass is 19.1. The lowest BCUT2D eigenvalue weighted by Crippen LogP contribution is -2.31. The van der Waals surface area contributed by atoms with Gasteiger partial charge in [-0.3, -0.25) is 0 Å². The van der Waals surface area contributed by atoms with Crippen molar-refractivity contribution in [1.29, 1.82) is 0 Å². The van der Waals surface area contributed by atoms with E-state index in [0.29, 0.717) is 24.2 Å². The van der Waals surface area contributed by atoms with Crippen LogP contribution in [0.1, 0.15) is 49.4 Å². The second kappa shape index (κ2) is 6.35. The fraction of sp³-hybridized carbons (Fsp3) is 0.500. The molecule has 3 rings (SSSR count). The van der Waals surface area contributed by atoms with Crippen molar-refractivity contribution in [2.75, 3.05) is 6.54 Å². The minimum atomic E-state index is -0.230. The van der Waals surface area contributed by atoms with Gasteiger partial charge in [-0.25, -0.2) is 4.39 Å². The normalized spacial score (nSPS) is 21.8. The predicted molar refractivity (Wildman–Crippen MR) is 77.6 cm³/mol. The van der Waals surface area contributed by atoms with E-state index in [9.17, 15) is 4.39 Å². The van der Waals surface area contributed by atoms with Crippen molar-refractivity contribution in [3.05, 3.63) is 47.4 Å². The Morgan fingerprint density at radius 2 is 2.10 bits per heavy atom. The lowest BCUT2D eigenvalue weighted by atomic mass is 10.0. The van der Waals surface area contributed by atoms with Crippen molar-refractivity contribution < 1.29 is 8.91 Å². The van der Waals surface area contributed by atoms with Crippen molar-refractivity contribution in [3.8, 4) is 0 Å². The lowest BCUT2D eigenvalue weighted by molar-refractivity contribution is 0.329. The van der Waals surface area contributed by atoms with Crippen LogP contribution in [0.15, 0.2) is 28.8 Å². The molecule has 0 radical (unpaired) electrons. The Balaban J connectivity index is 1.69. The Kier molecular flexibility index (Phi) is 4.29. The summed E-state index contributed by atoms with van der Waals surface area (Å²) >= 11 is 0. The van der Waals surface area contributed by atoms with Crippen LogP contribution < -0.4 is 5.32 Å². The molecule has 4 nitrogen and oxygen atoms in total. The second-order valence-electron chi connectivity index (χ2n) is 5.55. The summed E-state index contributed by atoms with van der Waals surface area (Å²) in [6, 6.07) is 6.85. The van der Waals surface area contributed by atoms with Crippen molar-refractivity contribution in [2.24, 2.45) is 0 Å². The third-order valence-electron chi connectivity index (χ3n) is 4.06. The van der Waals surface area contributed by atoms with Crippen LogP contribution in [0, 0.1) is 5.82 Å². The van der Waals surface area contributed by atoms with E-state index in [1.54, 1.807) is 12.1 Å². The van der Waals surface area contributed by atoms with Gasteiger partial charge in [0.2, 0.25) is 5.89 Å². The van der Waals surface area contributed by atoms with Gasteiger partial charge >= 0.3 is 0 Å². The zero-order valence-corrected chi connectivity index (χ0v) is 12.2. The van der Waals surface area contributed by atoms with Crippen LogP contribution in [-0.2, 0) is 6.42 Å². The van der Waals surface area contributed by atoms with Gasteiger partial charge in [0.25, 0.3) is 0 Å². The highest BCUT2D eigenvalue weighted by Crippen LogP contribution is 2.33. The Hall–Kier alpha value is -1.75. The molecule has 2 unspecified atom stereocenters. The van der Waals surface area contributed by atoms with Crippen LogP contribution in [0.3, 0.4) is 0 Å². The number of nitrogens with zero attached hydrogens (tertiary/aromatic N) is 2. The van der Waals surface area contributed by atoms with E-state index < -0.39 is 0 Å². The van der Waals surface area contributed by atoms with E-state index in [0.717, 1.165) is 30.8 Å². The van der Waals surface area contributed by atoms with E-state index in [2.05, 4.69) is 22.4 Å². The molecule has 0 amide bonds. The predicted octanol–water partition coefficient (Wildman–Crippen LogP) is 3.05. The van der Waals surface area contributed by atoms with Crippen LogP contribution in [0.5, 0.6) is 0 Å². The number of benzene rings is 1. The van der Waals surface area contributed by atoms with Crippen LogP contribution in [0.4, 0.5) is 4.39 Å². The number of rotatable bonds is 5. The number of nitrogens with one attached hydrogen (secondary N) is 1. The standard InChI is InChI=1S/C16H20FN3O/c1-2-18-14-5-3-4-13(14)16-19-15(20-21-16)10-11-6-8-12(17)9-7-11/h6-9,13-14,18H,2-5,10H2,1H3. The molecule has 1 aromatic heterocycles. The Bertz CT molecular complexity index is 581. The molecular formula is C16H20FN3O. The van der Waals surface area contributed by atoms with E-state index in [1.807, 2.05) is 0 Å². The van der Waals surface area contributed by atoms with Gasteiger partial charge in [-0.1, -0.05) is 30.6 Å². The molecule has 1 heterocycles. The maximum atomic E-state index is 12.9. The van der Waals surface area contributed by atoms with Crippen LogP contribution in [-0.4, -0.2) is 22.7 Å². The average Bonchev–Trinajstić information content (AvgIpc) is 3.11. The van der Waals surface area contributed by atoms with Gasteiger partial charge in [-0.2, -0.15) is 4.98 Å². The van der Waals surface area contributed by atoms with E-state index >= 15 is 0 Å². The quantitative estimate of drug-likeness (QED) is 0.919. The average molecular weight is 289 g/mol. The molecule has 1 fully saturated rings. The first-order valence-electron chi connectivity index (χ1n) is 7.56. The molecule has 21 heavy (non-hydrogen) atoms. The molecular weight excluding hydrogens is 269 g/mol. The van der Waals surface area contributed by atoms with Gasteiger partial charge in [-0.15, -0.1) is 0 Å². The fourth-order valence-electron chi connectivity index (χ4n) is 3.04. The van der Waals surface area contributed by atoms with Crippen LogP contribution in [0.25, 0.3) is 0 Å². The van der Waals surface area contributed by atoms with Crippen molar-refractivity contribution in [1.82, 2.24) is 15.5 Å². The first-order valence-corrected chi connectivity index (χ1v) is 7.56. The number of hydrogen-bond donors (Lipinski definition) is 1. The largest absolute Gasteiger partial charge is 0.339 e. The van der Waals surface area contributed by atoms with Gasteiger partial charge in [0.05, 0.1) is 5.92 Å².